The number of para-hydroxylation sites is 1. The molecular weight excluding hydrogens is 266 g/mol. The van der Waals surface area contributed by atoms with Gasteiger partial charge in [0.25, 0.3) is 5.91 Å². The Balaban J connectivity index is 1.77. The topological polar surface area (TPSA) is 83.8 Å². The third-order valence-corrected chi connectivity index (χ3v) is 2.77. The third-order valence-electron chi connectivity index (χ3n) is 2.08. The number of carbonyl (C=O) groups excluding carboxylic acids is 1. The van der Waals surface area contributed by atoms with E-state index in [0.29, 0.717) is 10.7 Å². The zero-order valence-corrected chi connectivity index (χ0v) is 10.6. The Labute approximate surface area is 113 Å². The number of phenols is 1. The number of oxime groups is 1. The Hall–Kier alpha value is -2.41. The van der Waals surface area contributed by atoms with Crippen molar-refractivity contribution >= 4 is 28.6 Å². The second kappa shape index (κ2) is 6.50. The number of nitrogens with zero attached hydrogens (tertiary/aromatic N) is 2. The number of benzene rings is 1. The van der Waals surface area contributed by atoms with Gasteiger partial charge in [-0.1, -0.05) is 17.3 Å². The summed E-state index contributed by atoms with van der Waals surface area (Å²) in [6.07, 6.45) is 2.93. The Morgan fingerprint density at radius 2 is 2.37 bits per heavy atom. The summed E-state index contributed by atoms with van der Waals surface area (Å²) in [5, 5.41) is 17.9. The highest BCUT2D eigenvalue weighted by Crippen LogP contribution is 2.12. The van der Waals surface area contributed by atoms with Crippen LogP contribution in [0.1, 0.15) is 5.56 Å². The first-order valence-electron chi connectivity index (χ1n) is 5.38. The smallest absolute Gasteiger partial charge is 0.266 e. The molecular formula is C12H11N3O3S. The fourth-order valence-corrected chi connectivity index (χ4v) is 1.77. The number of aromatic hydroxyl groups is 1. The van der Waals surface area contributed by atoms with Crippen LogP contribution in [0.5, 0.6) is 5.75 Å². The van der Waals surface area contributed by atoms with E-state index in [1.807, 2.05) is 0 Å². The maximum atomic E-state index is 11.4. The summed E-state index contributed by atoms with van der Waals surface area (Å²) in [4.78, 5) is 20.1. The number of amides is 1. The van der Waals surface area contributed by atoms with Gasteiger partial charge >= 0.3 is 0 Å². The van der Waals surface area contributed by atoms with Crippen LogP contribution in [0.3, 0.4) is 0 Å². The van der Waals surface area contributed by atoms with E-state index in [2.05, 4.69) is 15.5 Å². The van der Waals surface area contributed by atoms with Gasteiger partial charge in [0.2, 0.25) is 0 Å². The van der Waals surface area contributed by atoms with Crippen molar-refractivity contribution in [3.63, 3.8) is 0 Å². The van der Waals surface area contributed by atoms with Crippen LogP contribution >= 0.6 is 11.3 Å². The van der Waals surface area contributed by atoms with Crippen LogP contribution in [0.15, 0.2) is 41.0 Å². The first kappa shape index (κ1) is 13.0. The first-order chi connectivity index (χ1) is 9.25. The summed E-state index contributed by atoms with van der Waals surface area (Å²) in [7, 11) is 0. The van der Waals surface area contributed by atoms with Gasteiger partial charge in [0.15, 0.2) is 11.7 Å². The van der Waals surface area contributed by atoms with Gasteiger partial charge in [0.1, 0.15) is 5.75 Å². The van der Waals surface area contributed by atoms with Crippen molar-refractivity contribution in [2.75, 3.05) is 11.9 Å². The van der Waals surface area contributed by atoms with Gasteiger partial charge in [-0.3, -0.25) is 10.1 Å². The fourth-order valence-electron chi connectivity index (χ4n) is 1.23. The van der Waals surface area contributed by atoms with Gasteiger partial charge in [-0.2, -0.15) is 0 Å². The first-order valence-corrected chi connectivity index (χ1v) is 6.26. The highest BCUT2D eigenvalue weighted by Gasteiger charge is 2.03. The molecule has 2 aromatic rings. The Morgan fingerprint density at radius 3 is 3.11 bits per heavy atom. The van der Waals surface area contributed by atoms with Gasteiger partial charge in [0, 0.05) is 17.1 Å². The Bertz CT molecular complexity index is 569. The molecule has 7 heteroatoms. The summed E-state index contributed by atoms with van der Waals surface area (Å²) in [6, 6.07) is 6.68. The molecule has 6 nitrogen and oxygen atoms in total. The average molecular weight is 277 g/mol. The lowest BCUT2D eigenvalue weighted by molar-refractivity contribution is -0.120. The van der Waals surface area contributed by atoms with Crippen LogP contribution in [-0.2, 0) is 9.63 Å². The van der Waals surface area contributed by atoms with E-state index in [0.717, 1.165) is 0 Å². The Kier molecular flexibility index (Phi) is 4.46. The lowest BCUT2D eigenvalue weighted by atomic mass is 10.2. The zero-order chi connectivity index (χ0) is 13.5. The quantitative estimate of drug-likeness (QED) is 0.645. The second-order valence-electron chi connectivity index (χ2n) is 3.45. The molecule has 0 unspecified atom stereocenters. The average Bonchev–Trinajstić information content (AvgIpc) is 2.89. The molecule has 98 valence electrons. The number of rotatable bonds is 5. The maximum Gasteiger partial charge on any atom is 0.266 e. The standard InChI is InChI=1S/C12H11N3O3S/c16-10-4-2-1-3-9(10)7-14-18-8-11(17)15-12-13-5-6-19-12/h1-7,16H,8H2,(H,13,15,17). The number of anilines is 1. The number of hydrogen-bond donors (Lipinski definition) is 2. The number of phenolic OH excluding ortho intramolecular Hbond substituents is 1. The predicted octanol–water partition coefficient (Wildman–Crippen LogP) is 1.84. The van der Waals surface area contributed by atoms with Crippen molar-refractivity contribution in [3.05, 3.63) is 41.4 Å². The van der Waals surface area contributed by atoms with Crippen molar-refractivity contribution in [1.82, 2.24) is 4.98 Å². The molecule has 1 aromatic heterocycles. The molecule has 0 aliphatic carbocycles. The largest absolute Gasteiger partial charge is 0.507 e. The van der Waals surface area contributed by atoms with Crippen molar-refractivity contribution in [1.29, 1.82) is 0 Å². The van der Waals surface area contributed by atoms with Gasteiger partial charge in [-0.05, 0) is 12.1 Å². The number of nitrogens with one attached hydrogen (secondary N) is 1. The van der Waals surface area contributed by atoms with Crippen molar-refractivity contribution in [3.8, 4) is 5.75 Å². The molecule has 1 heterocycles. The number of hydrogen-bond acceptors (Lipinski definition) is 6. The van der Waals surface area contributed by atoms with Gasteiger partial charge < -0.3 is 9.94 Å². The lowest BCUT2D eigenvalue weighted by Gasteiger charge is -2.00. The number of carbonyl (C=O) groups is 1. The summed E-state index contributed by atoms with van der Waals surface area (Å²) >= 11 is 1.32. The number of thiazole rings is 1. The minimum Gasteiger partial charge on any atom is -0.507 e. The minimum absolute atomic E-state index is 0.0992. The monoisotopic (exact) mass is 277 g/mol. The summed E-state index contributed by atoms with van der Waals surface area (Å²) in [5.41, 5.74) is 0.517. The molecule has 0 radical (unpaired) electrons. The molecule has 1 amide bonds. The van der Waals surface area contributed by atoms with Crippen LogP contribution < -0.4 is 5.32 Å². The third kappa shape index (κ3) is 4.07. The predicted molar refractivity (Wildman–Crippen MR) is 72.4 cm³/mol. The van der Waals surface area contributed by atoms with Crippen LogP contribution in [0, 0.1) is 0 Å². The van der Waals surface area contributed by atoms with E-state index in [1.54, 1.807) is 29.8 Å². The van der Waals surface area contributed by atoms with Crippen LogP contribution in [0.25, 0.3) is 0 Å². The molecule has 0 bridgehead atoms. The van der Waals surface area contributed by atoms with E-state index in [1.165, 1.54) is 23.6 Å². The van der Waals surface area contributed by atoms with Gasteiger partial charge in [0.05, 0.1) is 6.21 Å². The van der Waals surface area contributed by atoms with E-state index < -0.39 is 0 Å². The molecule has 19 heavy (non-hydrogen) atoms. The summed E-state index contributed by atoms with van der Waals surface area (Å²) in [5.74, 6) is -0.244. The van der Waals surface area contributed by atoms with Crippen molar-refractivity contribution < 1.29 is 14.7 Å². The molecule has 0 saturated heterocycles. The van der Waals surface area contributed by atoms with Crippen LogP contribution in [0.2, 0.25) is 0 Å². The molecule has 0 fully saturated rings. The Morgan fingerprint density at radius 1 is 1.53 bits per heavy atom. The molecule has 0 atom stereocenters. The fraction of sp³-hybridized carbons (Fsp3) is 0.0833. The molecule has 2 N–H and O–H groups in total. The van der Waals surface area contributed by atoms with Gasteiger partial charge in [-0.15, -0.1) is 11.3 Å². The van der Waals surface area contributed by atoms with Crippen molar-refractivity contribution in [2.45, 2.75) is 0 Å². The summed E-state index contributed by atoms with van der Waals surface area (Å²) in [6.45, 7) is -0.219. The summed E-state index contributed by atoms with van der Waals surface area (Å²) < 4.78 is 0. The maximum absolute atomic E-state index is 11.4. The molecule has 0 spiro atoms. The highest BCUT2D eigenvalue weighted by molar-refractivity contribution is 7.13. The number of aromatic nitrogens is 1. The molecule has 1 aromatic carbocycles. The van der Waals surface area contributed by atoms with Crippen LogP contribution in [0.4, 0.5) is 5.13 Å². The zero-order valence-electron chi connectivity index (χ0n) is 9.81. The lowest BCUT2D eigenvalue weighted by Crippen LogP contribution is -2.16. The van der Waals surface area contributed by atoms with Gasteiger partial charge in [-0.25, -0.2) is 4.98 Å². The normalized spacial score (nSPS) is 10.5. The van der Waals surface area contributed by atoms with Crippen LogP contribution in [-0.4, -0.2) is 28.8 Å². The minimum atomic E-state index is -0.343. The molecule has 0 saturated carbocycles. The van der Waals surface area contributed by atoms with E-state index in [4.69, 9.17) is 4.84 Å². The van der Waals surface area contributed by atoms with E-state index in [9.17, 15) is 9.90 Å². The van der Waals surface area contributed by atoms with E-state index >= 15 is 0 Å². The SMILES string of the molecule is O=C(CON=Cc1ccccc1O)Nc1nccs1. The molecule has 0 aliphatic rings. The van der Waals surface area contributed by atoms with Crippen molar-refractivity contribution in [2.24, 2.45) is 5.16 Å². The highest BCUT2D eigenvalue weighted by atomic mass is 32.1. The molecule has 2 rings (SSSR count). The second-order valence-corrected chi connectivity index (χ2v) is 4.35. The molecule has 0 aliphatic heterocycles. The van der Waals surface area contributed by atoms with E-state index in [-0.39, 0.29) is 18.3 Å².